The van der Waals surface area contributed by atoms with Gasteiger partial charge in [0.25, 0.3) is 11.8 Å². The first kappa shape index (κ1) is 51.3. The molecule has 12 nitrogen and oxygen atoms in total. The molecule has 0 radical (unpaired) electrons. The van der Waals surface area contributed by atoms with Crippen LogP contribution in [0.2, 0.25) is 0 Å². The SMILES string of the molecule is CSCC[C@H](NC(=O)c1ccc(NCc2cccnc2)cc1-c1ccccc1)C(=O)O.CSCC[C@H](NC(=O)c1ccc(NCc2cccnc2)cc1-c1ccccc1)C(=O)OCCC(C)C. The molecule has 0 fully saturated rings. The molecule has 0 unspecified atom stereocenters. The second-order valence-electron chi connectivity index (χ2n) is 16.0. The van der Waals surface area contributed by atoms with E-state index in [1.165, 1.54) is 0 Å². The number of carboxylic acid groups (broad SMARTS) is 1. The zero-order chi connectivity index (χ0) is 47.8. The molecule has 6 aromatic rings. The quantitative estimate of drug-likeness (QED) is 0.0386. The third-order valence-corrected chi connectivity index (χ3v) is 11.8. The second-order valence-corrected chi connectivity index (χ2v) is 18.0. The molecule has 2 amide bonds. The van der Waals surface area contributed by atoms with Gasteiger partial charge in [0, 0.05) is 60.4 Å². The average Bonchev–Trinajstić information content (AvgIpc) is 3.36. The summed E-state index contributed by atoms with van der Waals surface area (Å²) in [6, 6.07) is 36.7. The first-order valence-corrected chi connectivity index (χ1v) is 25.0. The van der Waals surface area contributed by atoms with Gasteiger partial charge in [0.15, 0.2) is 0 Å². The Bertz CT molecular complexity index is 2470. The Morgan fingerprint density at radius 3 is 1.48 bits per heavy atom. The molecular formula is C53H60N6O6S2. The molecule has 5 N–H and O–H groups in total. The summed E-state index contributed by atoms with van der Waals surface area (Å²) in [5.74, 6) is -0.263. The number of hydrogen-bond acceptors (Lipinski definition) is 11. The molecule has 0 aliphatic rings. The summed E-state index contributed by atoms with van der Waals surface area (Å²) in [5.41, 5.74) is 8.14. The Morgan fingerprint density at radius 2 is 1.06 bits per heavy atom. The highest BCUT2D eigenvalue weighted by atomic mass is 32.2. The maximum absolute atomic E-state index is 13.4. The molecule has 0 aliphatic carbocycles. The van der Waals surface area contributed by atoms with Crippen molar-refractivity contribution in [1.82, 2.24) is 20.6 Å². The normalized spacial score (nSPS) is 11.6. The number of nitrogens with zero attached hydrogens (tertiary/aromatic N) is 2. The number of anilines is 2. The summed E-state index contributed by atoms with van der Waals surface area (Å²) in [7, 11) is 0. The molecule has 14 heteroatoms. The van der Waals surface area contributed by atoms with E-state index in [1.54, 1.807) is 54.2 Å². The number of amides is 2. The lowest BCUT2D eigenvalue weighted by atomic mass is 9.98. The smallest absolute Gasteiger partial charge is 0.328 e. The van der Waals surface area contributed by atoms with Crippen LogP contribution in [0.1, 0.15) is 65.0 Å². The number of aliphatic carboxylic acids is 1. The van der Waals surface area contributed by atoms with Crippen LogP contribution in [0.15, 0.2) is 146 Å². The fourth-order valence-electron chi connectivity index (χ4n) is 6.78. The van der Waals surface area contributed by atoms with E-state index in [4.69, 9.17) is 4.74 Å². The molecule has 0 spiro atoms. The summed E-state index contributed by atoms with van der Waals surface area (Å²) in [6.07, 6.45) is 12.7. The number of aromatic nitrogens is 2. The second kappa shape index (κ2) is 27.7. The van der Waals surface area contributed by atoms with E-state index in [2.05, 4.69) is 45.1 Å². The van der Waals surface area contributed by atoms with Crippen LogP contribution in [0, 0.1) is 5.92 Å². The molecule has 0 bridgehead atoms. The Balaban J connectivity index is 0.000000254. The number of carbonyl (C=O) groups is 4. The molecule has 0 aliphatic heterocycles. The van der Waals surface area contributed by atoms with Crippen LogP contribution in [-0.2, 0) is 27.4 Å². The van der Waals surface area contributed by atoms with Crippen molar-refractivity contribution in [2.45, 2.75) is 58.3 Å². The fourth-order valence-corrected chi connectivity index (χ4v) is 7.72. The molecule has 2 heterocycles. The number of nitrogens with one attached hydrogen (secondary N) is 4. The highest BCUT2D eigenvalue weighted by Crippen LogP contribution is 2.29. The number of pyridine rings is 2. The van der Waals surface area contributed by atoms with Crippen LogP contribution in [0.4, 0.5) is 11.4 Å². The van der Waals surface area contributed by atoms with E-state index in [9.17, 15) is 24.3 Å². The lowest BCUT2D eigenvalue weighted by molar-refractivity contribution is -0.146. The van der Waals surface area contributed by atoms with Crippen LogP contribution >= 0.6 is 23.5 Å². The lowest BCUT2D eigenvalue weighted by Gasteiger charge is -2.19. The van der Waals surface area contributed by atoms with Gasteiger partial charge < -0.3 is 31.1 Å². The van der Waals surface area contributed by atoms with Crippen molar-refractivity contribution < 1.29 is 29.0 Å². The van der Waals surface area contributed by atoms with E-state index < -0.39 is 24.0 Å². The number of esters is 1. The van der Waals surface area contributed by atoms with Gasteiger partial charge in [-0.1, -0.05) is 86.6 Å². The van der Waals surface area contributed by atoms with Gasteiger partial charge in [-0.15, -0.1) is 0 Å². The first-order valence-electron chi connectivity index (χ1n) is 22.2. The van der Waals surface area contributed by atoms with Crippen molar-refractivity contribution in [3.8, 4) is 22.3 Å². The van der Waals surface area contributed by atoms with Crippen LogP contribution in [0.5, 0.6) is 0 Å². The Kier molecular flexibility index (Phi) is 21.3. The highest BCUT2D eigenvalue weighted by molar-refractivity contribution is 7.98. The first-order chi connectivity index (χ1) is 32.6. The Hall–Kier alpha value is -6.64. The number of rotatable bonds is 23. The molecule has 2 aromatic heterocycles. The maximum atomic E-state index is 13.4. The minimum Gasteiger partial charge on any atom is -0.480 e. The van der Waals surface area contributed by atoms with Crippen molar-refractivity contribution in [2.24, 2.45) is 5.92 Å². The maximum Gasteiger partial charge on any atom is 0.328 e. The topological polar surface area (TPSA) is 172 Å². The van der Waals surface area contributed by atoms with E-state index >= 15 is 0 Å². The van der Waals surface area contributed by atoms with Gasteiger partial charge in [-0.2, -0.15) is 23.5 Å². The van der Waals surface area contributed by atoms with Crippen LogP contribution in [0.25, 0.3) is 22.3 Å². The predicted molar refractivity (Wildman–Crippen MR) is 273 cm³/mol. The number of hydrogen-bond donors (Lipinski definition) is 5. The van der Waals surface area contributed by atoms with E-state index in [0.717, 1.165) is 56.9 Å². The minimum absolute atomic E-state index is 0.292. The van der Waals surface area contributed by atoms with E-state index in [1.807, 2.05) is 128 Å². The van der Waals surface area contributed by atoms with Gasteiger partial charge in [-0.25, -0.2) is 9.59 Å². The molecule has 6 rings (SSSR count). The van der Waals surface area contributed by atoms with Crippen molar-refractivity contribution in [1.29, 1.82) is 0 Å². The number of benzene rings is 4. The standard InChI is InChI=1S/C29H35N3O3S.C24H25N3O3S/c1-21(2)13-16-35-29(34)27(14-17-36-3)32-28(33)25-12-11-24(31-20-22-8-7-15-30-19-22)18-26(25)23-9-5-4-6-10-23;1-31-13-11-22(24(29)30)27-23(28)20-10-9-19(26-16-17-6-5-12-25-15-17)14-21(20)18-7-3-2-4-8-18/h4-12,15,18-19,21,27,31H,13-14,16-17,20H2,1-3H3,(H,32,33);2-10,12,14-15,22,26H,11,13,16H2,1H3,(H,27,28)(H,29,30)/t27-;22-/m00/s1. The molecular weight excluding hydrogens is 881 g/mol. The van der Waals surface area contributed by atoms with E-state index in [0.29, 0.717) is 55.3 Å². The Morgan fingerprint density at radius 1 is 0.597 bits per heavy atom. The van der Waals surface area contributed by atoms with Crippen molar-refractivity contribution in [3.05, 3.63) is 168 Å². The minimum atomic E-state index is -1.03. The zero-order valence-corrected chi connectivity index (χ0v) is 40.1. The number of ether oxygens (including phenoxy) is 1. The summed E-state index contributed by atoms with van der Waals surface area (Å²) >= 11 is 3.18. The third-order valence-electron chi connectivity index (χ3n) is 10.5. The summed E-state index contributed by atoms with van der Waals surface area (Å²) in [5, 5.41) is 21.8. The van der Waals surface area contributed by atoms with E-state index in [-0.39, 0.29) is 11.9 Å². The van der Waals surface area contributed by atoms with Crippen LogP contribution < -0.4 is 21.3 Å². The third kappa shape index (κ3) is 16.9. The van der Waals surface area contributed by atoms with Crippen molar-refractivity contribution >= 4 is 58.7 Å². The molecule has 350 valence electrons. The molecule has 0 saturated heterocycles. The lowest BCUT2D eigenvalue weighted by Crippen LogP contribution is -2.42. The number of carbonyl (C=O) groups excluding carboxylic acids is 3. The largest absolute Gasteiger partial charge is 0.480 e. The Labute approximate surface area is 402 Å². The van der Waals surface area contributed by atoms with Crippen LogP contribution in [-0.4, -0.2) is 81.5 Å². The summed E-state index contributed by atoms with van der Waals surface area (Å²) < 4.78 is 5.48. The molecule has 0 saturated carbocycles. The number of thioether (sulfide) groups is 2. The molecule has 2 atom stereocenters. The summed E-state index contributed by atoms with van der Waals surface area (Å²) in [4.78, 5) is 59.0. The zero-order valence-electron chi connectivity index (χ0n) is 38.4. The predicted octanol–water partition coefficient (Wildman–Crippen LogP) is 10.1. The monoisotopic (exact) mass is 940 g/mol. The average molecular weight is 941 g/mol. The number of carboxylic acids is 1. The van der Waals surface area contributed by atoms with Gasteiger partial charge in [0.2, 0.25) is 0 Å². The fraction of sp³-hybridized carbons (Fsp3) is 0.283. The van der Waals surface area contributed by atoms with Gasteiger partial charge in [-0.3, -0.25) is 19.6 Å². The van der Waals surface area contributed by atoms with Crippen molar-refractivity contribution in [3.63, 3.8) is 0 Å². The highest BCUT2D eigenvalue weighted by Gasteiger charge is 2.25. The van der Waals surface area contributed by atoms with Crippen LogP contribution in [0.3, 0.4) is 0 Å². The van der Waals surface area contributed by atoms with Gasteiger partial charge in [-0.05, 0) is 131 Å². The molecule has 67 heavy (non-hydrogen) atoms. The van der Waals surface area contributed by atoms with Gasteiger partial charge >= 0.3 is 11.9 Å². The van der Waals surface area contributed by atoms with Gasteiger partial charge in [0.05, 0.1) is 6.61 Å². The van der Waals surface area contributed by atoms with Gasteiger partial charge in [0.1, 0.15) is 12.1 Å². The van der Waals surface area contributed by atoms with Crippen molar-refractivity contribution in [2.75, 3.05) is 41.3 Å². The summed E-state index contributed by atoms with van der Waals surface area (Å²) in [6.45, 7) is 5.74. The molecule has 4 aromatic carbocycles.